The predicted molar refractivity (Wildman–Crippen MR) is 123 cm³/mol. The summed E-state index contributed by atoms with van der Waals surface area (Å²) < 4.78 is 38.5. The molecule has 0 aliphatic rings. The second kappa shape index (κ2) is 11.5. The lowest BCUT2D eigenvalue weighted by Crippen LogP contribution is -2.37. The number of likely N-dealkylation sites (N-methyl/N-ethyl adjacent to an activating group) is 1. The van der Waals surface area contributed by atoms with Crippen LogP contribution in [0.4, 0.5) is 24.5 Å². The molecule has 0 aliphatic heterocycles. The van der Waals surface area contributed by atoms with Crippen LogP contribution in [0.3, 0.4) is 0 Å². The molecular weight excluding hydrogens is 473 g/mol. The van der Waals surface area contributed by atoms with Crippen molar-refractivity contribution >= 4 is 46.3 Å². The number of anilines is 2. The minimum Gasteiger partial charge on any atom is -0.360 e. The van der Waals surface area contributed by atoms with Gasteiger partial charge in [-0.3, -0.25) is 19.0 Å². The van der Waals surface area contributed by atoms with Crippen molar-refractivity contribution in [3.63, 3.8) is 0 Å². The minimum atomic E-state index is -4.64. The van der Waals surface area contributed by atoms with Crippen LogP contribution in [0.1, 0.15) is 6.92 Å². The molecule has 0 saturated heterocycles. The number of thiazole rings is 1. The van der Waals surface area contributed by atoms with Crippen LogP contribution in [0.2, 0.25) is 0 Å². The summed E-state index contributed by atoms with van der Waals surface area (Å²) >= 11 is 0.802. The Hall–Kier alpha value is -3.63. The monoisotopic (exact) mass is 496 g/mol. The first-order chi connectivity index (χ1) is 15.9. The Morgan fingerprint density at radius 3 is 2.53 bits per heavy atom. The first-order valence-electron chi connectivity index (χ1n) is 9.95. The van der Waals surface area contributed by atoms with Crippen molar-refractivity contribution in [1.82, 2.24) is 14.8 Å². The molecule has 34 heavy (non-hydrogen) atoms. The predicted octanol–water partition coefficient (Wildman–Crippen LogP) is 0.633. The molecule has 3 N–H and O–H groups in total. The second-order valence-electron chi connectivity index (χ2n) is 7.26. The van der Waals surface area contributed by atoms with Crippen molar-refractivity contribution in [3.8, 4) is 6.07 Å². The summed E-state index contributed by atoms with van der Waals surface area (Å²) in [5.41, 5.74) is -0.0164. The van der Waals surface area contributed by atoms with Gasteiger partial charge in [-0.2, -0.15) is 18.4 Å². The SMILES string of the molecule is CCn1c(=C(C#N)C(=O)NCC(F)(F)F)sc(=CNc2cccc(NC(=O)CN(C)C)c2)c1=O. The topological polar surface area (TPSA) is 119 Å². The van der Waals surface area contributed by atoms with E-state index in [0.29, 0.717) is 11.4 Å². The highest BCUT2D eigenvalue weighted by Gasteiger charge is 2.28. The summed E-state index contributed by atoms with van der Waals surface area (Å²) in [5, 5.41) is 16.7. The van der Waals surface area contributed by atoms with Crippen LogP contribution in [0.15, 0.2) is 29.1 Å². The molecule has 0 bridgehead atoms. The van der Waals surface area contributed by atoms with Crippen LogP contribution in [-0.2, 0) is 16.1 Å². The first-order valence-corrected chi connectivity index (χ1v) is 10.8. The zero-order chi connectivity index (χ0) is 25.5. The van der Waals surface area contributed by atoms with Crippen molar-refractivity contribution < 1.29 is 22.8 Å². The summed E-state index contributed by atoms with van der Waals surface area (Å²) in [6, 6.07) is 8.32. The number of aromatic nitrogens is 1. The number of benzene rings is 1. The molecule has 0 atom stereocenters. The van der Waals surface area contributed by atoms with Crippen molar-refractivity contribution in [3.05, 3.63) is 43.8 Å². The maximum atomic E-state index is 12.7. The van der Waals surface area contributed by atoms with Gasteiger partial charge in [0.05, 0.1) is 6.54 Å². The van der Waals surface area contributed by atoms with Crippen molar-refractivity contribution in [2.24, 2.45) is 0 Å². The Labute approximate surface area is 196 Å². The zero-order valence-corrected chi connectivity index (χ0v) is 19.4. The standard InChI is InChI=1S/C21H23F3N6O3S/c1-4-30-19(33)16(34-20(30)15(9-25)18(32)27-12-21(22,23)24)10-26-13-6-5-7-14(8-13)28-17(31)11-29(2)3/h5-8,10,26H,4,11-12H2,1-3H3,(H,27,32)(H,28,31). The van der Waals surface area contributed by atoms with E-state index < -0.39 is 29.8 Å². The molecule has 0 unspecified atom stereocenters. The fraction of sp³-hybridized carbons (Fsp3) is 0.333. The van der Waals surface area contributed by atoms with Crippen LogP contribution in [-0.4, -0.2) is 54.6 Å². The average Bonchev–Trinajstić information content (AvgIpc) is 3.05. The number of nitriles is 1. The third kappa shape index (κ3) is 7.46. The van der Waals surface area contributed by atoms with Gasteiger partial charge < -0.3 is 20.9 Å². The summed E-state index contributed by atoms with van der Waals surface area (Å²) in [6.07, 6.45) is -3.27. The first kappa shape index (κ1) is 26.6. The minimum absolute atomic E-state index is 0.0487. The fourth-order valence-corrected chi connectivity index (χ4v) is 3.87. The van der Waals surface area contributed by atoms with Crippen LogP contribution >= 0.6 is 11.3 Å². The van der Waals surface area contributed by atoms with Crippen molar-refractivity contribution in [2.45, 2.75) is 19.6 Å². The Bertz CT molecular complexity index is 1270. The van der Waals surface area contributed by atoms with E-state index in [1.165, 1.54) is 6.20 Å². The largest absolute Gasteiger partial charge is 0.405 e. The molecule has 182 valence electrons. The number of nitrogens with one attached hydrogen (secondary N) is 3. The van der Waals surface area contributed by atoms with Crippen LogP contribution in [0, 0.1) is 11.3 Å². The number of hydrogen-bond donors (Lipinski definition) is 3. The maximum Gasteiger partial charge on any atom is 0.405 e. The molecule has 0 spiro atoms. The number of halogens is 3. The van der Waals surface area contributed by atoms with E-state index in [9.17, 15) is 32.8 Å². The lowest BCUT2D eigenvalue weighted by molar-refractivity contribution is -0.135. The van der Waals surface area contributed by atoms with Gasteiger partial charge in [0.2, 0.25) is 5.91 Å². The Balaban J connectivity index is 2.37. The summed E-state index contributed by atoms with van der Waals surface area (Å²) in [5.74, 6) is -1.42. The second-order valence-corrected chi connectivity index (χ2v) is 8.29. The van der Waals surface area contributed by atoms with Gasteiger partial charge in [-0.1, -0.05) is 6.07 Å². The maximum absolute atomic E-state index is 12.7. The molecule has 0 aliphatic carbocycles. The third-order valence-corrected chi connectivity index (χ3v) is 5.33. The van der Waals surface area contributed by atoms with Gasteiger partial charge in [0.15, 0.2) is 5.57 Å². The van der Waals surface area contributed by atoms with Gasteiger partial charge in [0.25, 0.3) is 11.5 Å². The molecule has 1 aromatic carbocycles. The highest BCUT2D eigenvalue weighted by molar-refractivity contribution is 7.07. The number of alkyl halides is 3. The molecule has 13 heteroatoms. The smallest absolute Gasteiger partial charge is 0.360 e. The molecule has 2 aromatic rings. The van der Waals surface area contributed by atoms with Crippen LogP contribution in [0.25, 0.3) is 11.8 Å². The Morgan fingerprint density at radius 2 is 1.94 bits per heavy atom. The van der Waals surface area contributed by atoms with Gasteiger partial charge in [-0.05, 0) is 39.2 Å². The number of carbonyl (C=O) groups is 2. The summed E-state index contributed by atoms with van der Waals surface area (Å²) in [4.78, 5) is 38.5. The average molecular weight is 497 g/mol. The molecular formula is C21H23F3N6O3S. The van der Waals surface area contributed by atoms with Crippen molar-refractivity contribution in [2.75, 3.05) is 37.8 Å². The van der Waals surface area contributed by atoms with E-state index in [1.54, 1.807) is 61.6 Å². The molecule has 9 nitrogen and oxygen atoms in total. The quantitative estimate of drug-likeness (QED) is 0.494. The van der Waals surface area contributed by atoms with Gasteiger partial charge in [-0.25, -0.2) is 0 Å². The molecule has 1 heterocycles. The number of hydrogen-bond acceptors (Lipinski definition) is 7. The highest BCUT2D eigenvalue weighted by atomic mass is 32.1. The molecule has 2 amide bonds. The summed E-state index contributed by atoms with van der Waals surface area (Å²) in [7, 11) is 3.53. The number of carbonyl (C=O) groups excluding carboxylic acids is 2. The fourth-order valence-electron chi connectivity index (χ4n) is 2.78. The molecule has 0 saturated carbocycles. The molecule has 0 radical (unpaired) electrons. The molecule has 1 aromatic heterocycles. The number of amides is 2. The normalized spacial score (nSPS) is 12.8. The van der Waals surface area contributed by atoms with Gasteiger partial charge >= 0.3 is 6.18 Å². The van der Waals surface area contributed by atoms with E-state index in [2.05, 4.69) is 10.6 Å². The summed E-state index contributed by atoms with van der Waals surface area (Å²) in [6.45, 7) is 0.314. The molecule has 2 rings (SSSR count). The highest BCUT2D eigenvalue weighted by Crippen LogP contribution is 2.15. The Kier molecular flexibility index (Phi) is 8.99. The van der Waals surface area contributed by atoms with E-state index in [0.717, 1.165) is 15.9 Å². The van der Waals surface area contributed by atoms with Crippen molar-refractivity contribution in [1.29, 1.82) is 5.26 Å². The lowest BCUT2D eigenvalue weighted by Gasteiger charge is -2.10. The van der Waals surface area contributed by atoms with Crippen LogP contribution < -0.4 is 30.7 Å². The van der Waals surface area contributed by atoms with Gasteiger partial charge in [0.1, 0.15) is 21.8 Å². The third-order valence-electron chi connectivity index (χ3n) is 4.20. The van der Waals surface area contributed by atoms with E-state index in [-0.39, 0.29) is 28.2 Å². The van der Waals surface area contributed by atoms with E-state index in [1.807, 2.05) is 0 Å². The number of nitrogens with zero attached hydrogens (tertiary/aromatic N) is 3. The number of rotatable bonds is 8. The van der Waals surface area contributed by atoms with E-state index in [4.69, 9.17) is 0 Å². The Morgan fingerprint density at radius 1 is 1.26 bits per heavy atom. The van der Waals surface area contributed by atoms with Crippen LogP contribution in [0.5, 0.6) is 0 Å². The van der Waals surface area contributed by atoms with Gasteiger partial charge in [0, 0.05) is 24.1 Å². The zero-order valence-electron chi connectivity index (χ0n) is 18.6. The van der Waals surface area contributed by atoms with Gasteiger partial charge in [-0.15, -0.1) is 11.3 Å². The lowest BCUT2D eigenvalue weighted by atomic mass is 10.2. The van der Waals surface area contributed by atoms with E-state index >= 15 is 0 Å². The molecule has 0 fully saturated rings.